The molecule has 0 unspecified atom stereocenters. The maximum Gasteiger partial charge on any atom is 0.236 e. The summed E-state index contributed by atoms with van der Waals surface area (Å²) >= 11 is 0. The molecule has 32 heavy (non-hydrogen) atoms. The minimum atomic E-state index is -3.52. The predicted octanol–water partition coefficient (Wildman–Crippen LogP) is 3.79. The van der Waals surface area contributed by atoms with E-state index in [2.05, 4.69) is 15.3 Å². The number of piperidine rings is 1. The van der Waals surface area contributed by atoms with Crippen molar-refractivity contribution in [2.45, 2.75) is 12.8 Å². The summed E-state index contributed by atoms with van der Waals surface area (Å²) in [6, 6.07) is 18.9. The van der Waals surface area contributed by atoms with Crippen LogP contribution in [0.25, 0.3) is 17.5 Å². The lowest BCUT2D eigenvalue weighted by Crippen LogP contribution is -2.40. The van der Waals surface area contributed by atoms with E-state index in [1.165, 1.54) is 9.71 Å². The lowest BCUT2D eigenvalue weighted by atomic mass is 9.97. The minimum absolute atomic E-state index is 0.141. The monoisotopic (exact) mass is 448 g/mol. The Morgan fingerprint density at radius 1 is 0.938 bits per heavy atom. The summed E-state index contributed by atoms with van der Waals surface area (Å²) in [7, 11) is -3.52. The Labute approximate surface area is 187 Å². The van der Waals surface area contributed by atoms with Crippen LogP contribution in [0.1, 0.15) is 18.4 Å². The summed E-state index contributed by atoms with van der Waals surface area (Å²) in [5.74, 6) is 0.192. The number of carbonyl (C=O) groups is 1. The molecule has 1 aliphatic rings. The summed E-state index contributed by atoms with van der Waals surface area (Å²) < 4.78 is 26.6. The van der Waals surface area contributed by atoms with Crippen molar-refractivity contribution in [3.63, 3.8) is 0 Å². The molecule has 0 saturated carbocycles. The van der Waals surface area contributed by atoms with E-state index in [1.54, 1.807) is 18.5 Å². The molecule has 0 spiro atoms. The number of nitrogens with one attached hydrogen (secondary N) is 1. The van der Waals surface area contributed by atoms with Crippen LogP contribution in [0, 0.1) is 5.92 Å². The van der Waals surface area contributed by atoms with Crippen molar-refractivity contribution < 1.29 is 13.2 Å². The second kappa shape index (κ2) is 9.84. The van der Waals surface area contributed by atoms with E-state index < -0.39 is 10.0 Å². The number of nitrogens with zero attached hydrogens (tertiary/aromatic N) is 3. The van der Waals surface area contributed by atoms with Crippen molar-refractivity contribution in [2.75, 3.05) is 18.4 Å². The molecular weight excluding hydrogens is 424 g/mol. The minimum Gasteiger partial charge on any atom is -0.323 e. The number of anilines is 1. The molecule has 4 rings (SSSR count). The number of sulfonamides is 1. The van der Waals surface area contributed by atoms with Gasteiger partial charge in [0.15, 0.2) is 5.82 Å². The van der Waals surface area contributed by atoms with Gasteiger partial charge in [0, 0.05) is 30.0 Å². The topological polar surface area (TPSA) is 92.3 Å². The summed E-state index contributed by atoms with van der Waals surface area (Å²) in [4.78, 5) is 21.3. The first kappa shape index (κ1) is 21.9. The first-order chi connectivity index (χ1) is 15.5. The molecule has 7 nitrogen and oxygen atoms in total. The fourth-order valence-corrected chi connectivity index (χ4v) is 4.78. The van der Waals surface area contributed by atoms with E-state index in [0.717, 1.165) is 11.1 Å². The van der Waals surface area contributed by atoms with Gasteiger partial charge in [0.05, 0.1) is 18.1 Å². The van der Waals surface area contributed by atoms with E-state index in [1.807, 2.05) is 60.7 Å². The lowest BCUT2D eigenvalue weighted by Gasteiger charge is -2.29. The van der Waals surface area contributed by atoms with E-state index in [-0.39, 0.29) is 11.8 Å². The summed E-state index contributed by atoms with van der Waals surface area (Å²) in [5.41, 5.74) is 2.25. The molecule has 164 valence electrons. The molecule has 0 bridgehead atoms. The van der Waals surface area contributed by atoms with E-state index in [4.69, 9.17) is 0 Å². The number of hydrogen-bond acceptors (Lipinski definition) is 5. The van der Waals surface area contributed by atoms with Gasteiger partial charge < -0.3 is 5.32 Å². The van der Waals surface area contributed by atoms with Gasteiger partial charge in [0.25, 0.3) is 0 Å². The first-order valence-corrected chi connectivity index (χ1v) is 11.9. The molecule has 0 aliphatic carbocycles. The van der Waals surface area contributed by atoms with Gasteiger partial charge in [-0.15, -0.1) is 0 Å². The van der Waals surface area contributed by atoms with E-state index in [9.17, 15) is 13.2 Å². The molecule has 3 aromatic rings. The average Bonchev–Trinajstić information content (AvgIpc) is 2.84. The fourth-order valence-electron chi connectivity index (χ4n) is 3.56. The maximum atomic E-state index is 12.6. The summed E-state index contributed by atoms with van der Waals surface area (Å²) in [6.45, 7) is 0.617. The predicted molar refractivity (Wildman–Crippen MR) is 125 cm³/mol. The van der Waals surface area contributed by atoms with Crippen molar-refractivity contribution >= 4 is 27.7 Å². The van der Waals surface area contributed by atoms with Gasteiger partial charge in [-0.1, -0.05) is 60.7 Å². The SMILES string of the molecule is O=C(Nc1cnc(-c2ccccc2)nc1)C1CCN(S(=O)(=O)/C=C/c2ccccc2)CC1. The molecule has 1 aromatic heterocycles. The summed E-state index contributed by atoms with van der Waals surface area (Å²) in [5, 5.41) is 4.08. The number of benzene rings is 2. The van der Waals surface area contributed by atoms with Crippen molar-refractivity contribution in [3.8, 4) is 11.4 Å². The third-order valence-electron chi connectivity index (χ3n) is 5.37. The molecule has 0 radical (unpaired) electrons. The highest BCUT2D eigenvalue weighted by atomic mass is 32.2. The van der Waals surface area contributed by atoms with Crippen LogP contribution in [-0.2, 0) is 14.8 Å². The Hall–Kier alpha value is -3.36. The second-order valence-electron chi connectivity index (χ2n) is 7.58. The average molecular weight is 449 g/mol. The molecule has 1 fully saturated rings. The quantitative estimate of drug-likeness (QED) is 0.619. The van der Waals surface area contributed by atoms with Gasteiger partial charge in [-0.3, -0.25) is 4.79 Å². The largest absolute Gasteiger partial charge is 0.323 e. The molecule has 0 atom stereocenters. The molecule has 2 aromatic carbocycles. The molecule has 8 heteroatoms. The lowest BCUT2D eigenvalue weighted by molar-refractivity contribution is -0.120. The Kier molecular flexibility index (Phi) is 6.72. The fraction of sp³-hybridized carbons (Fsp3) is 0.208. The smallest absolute Gasteiger partial charge is 0.236 e. The van der Waals surface area contributed by atoms with Gasteiger partial charge in [-0.25, -0.2) is 18.4 Å². The molecule has 1 saturated heterocycles. The Balaban J connectivity index is 1.31. The first-order valence-electron chi connectivity index (χ1n) is 10.4. The van der Waals surface area contributed by atoms with Gasteiger partial charge in [-0.2, -0.15) is 4.31 Å². The molecule has 1 N–H and O–H groups in total. The Morgan fingerprint density at radius 3 is 2.16 bits per heavy atom. The molecule has 1 amide bonds. The summed E-state index contributed by atoms with van der Waals surface area (Å²) in [6.07, 6.45) is 5.69. The number of aromatic nitrogens is 2. The van der Waals surface area contributed by atoms with Gasteiger partial charge in [0.2, 0.25) is 15.9 Å². The van der Waals surface area contributed by atoms with E-state index >= 15 is 0 Å². The zero-order valence-corrected chi connectivity index (χ0v) is 18.3. The van der Waals surface area contributed by atoms with Gasteiger partial charge in [0.1, 0.15) is 0 Å². The van der Waals surface area contributed by atoms with Crippen molar-refractivity contribution in [3.05, 3.63) is 84.0 Å². The number of hydrogen-bond donors (Lipinski definition) is 1. The van der Waals surface area contributed by atoms with Crippen molar-refractivity contribution in [1.82, 2.24) is 14.3 Å². The van der Waals surface area contributed by atoms with Crippen LogP contribution in [0.3, 0.4) is 0 Å². The Morgan fingerprint density at radius 2 is 1.53 bits per heavy atom. The number of carbonyl (C=O) groups excluding carboxylic acids is 1. The van der Waals surface area contributed by atoms with Crippen LogP contribution in [0.2, 0.25) is 0 Å². The standard InChI is InChI=1S/C24H24N4O3S/c29-24(27-22-17-25-23(26-18-22)20-9-5-2-6-10-20)21-11-14-28(15-12-21)32(30,31)16-13-19-7-3-1-4-8-19/h1-10,13,16-18,21H,11-12,14-15H2,(H,27,29)/b16-13+. The van der Waals surface area contributed by atoms with Crippen LogP contribution >= 0.6 is 0 Å². The Bertz CT molecular complexity index is 1170. The molecule has 1 aliphatic heterocycles. The third kappa shape index (κ3) is 5.46. The highest BCUT2D eigenvalue weighted by Crippen LogP contribution is 2.23. The second-order valence-corrected chi connectivity index (χ2v) is 9.40. The van der Waals surface area contributed by atoms with Crippen LogP contribution in [0.15, 0.2) is 78.5 Å². The van der Waals surface area contributed by atoms with Gasteiger partial charge >= 0.3 is 0 Å². The normalized spacial score (nSPS) is 15.6. The third-order valence-corrected chi connectivity index (χ3v) is 6.93. The zero-order chi connectivity index (χ0) is 22.4. The number of amides is 1. The maximum absolute atomic E-state index is 12.6. The van der Waals surface area contributed by atoms with E-state index in [0.29, 0.717) is 37.4 Å². The van der Waals surface area contributed by atoms with Crippen LogP contribution in [0.5, 0.6) is 0 Å². The highest BCUT2D eigenvalue weighted by molar-refractivity contribution is 7.92. The van der Waals surface area contributed by atoms with Crippen LogP contribution in [0.4, 0.5) is 5.69 Å². The molecule has 2 heterocycles. The van der Waals surface area contributed by atoms with Crippen molar-refractivity contribution in [2.24, 2.45) is 5.92 Å². The van der Waals surface area contributed by atoms with Crippen LogP contribution < -0.4 is 5.32 Å². The van der Waals surface area contributed by atoms with Gasteiger partial charge in [-0.05, 0) is 24.5 Å². The van der Waals surface area contributed by atoms with Crippen molar-refractivity contribution in [1.29, 1.82) is 0 Å². The number of rotatable bonds is 6. The van der Waals surface area contributed by atoms with Crippen LogP contribution in [-0.4, -0.2) is 41.7 Å². The molecular formula is C24H24N4O3S. The zero-order valence-electron chi connectivity index (χ0n) is 17.5. The highest BCUT2D eigenvalue weighted by Gasteiger charge is 2.30.